The number of amides is 3. The van der Waals surface area contributed by atoms with Gasteiger partial charge in [-0.3, -0.25) is 9.69 Å². The van der Waals surface area contributed by atoms with E-state index in [1.165, 1.54) is 19.3 Å². The van der Waals surface area contributed by atoms with Crippen molar-refractivity contribution in [2.75, 3.05) is 6.54 Å². The lowest BCUT2D eigenvalue weighted by molar-refractivity contribution is -0.138. The van der Waals surface area contributed by atoms with Gasteiger partial charge < -0.3 is 4.90 Å². The van der Waals surface area contributed by atoms with E-state index in [-0.39, 0.29) is 23.5 Å². The summed E-state index contributed by atoms with van der Waals surface area (Å²) in [5.41, 5.74) is -0.120. The van der Waals surface area contributed by atoms with Crippen molar-refractivity contribution in [2.45, 2.75) is 70.4 Å². The first-order chi connectivity index (χ1) is 10.0. The second-order valence-corrected chi connectivity index (χ2v) is 8.04. The van der Waals surface area contributed by atoms with Gasteiger partial charge in [0.05, 0.1) is 5.54 Å². The molecule has 4 nitrogen and oxygen atoms in total. The van der Waals surface area contributed by atoms with Gasteiger partial charge in [-0.05, 0) is 69.6 Å². The van der Waals surface area contributed by atoms with Crippen molar-refractivity contribution in [3.05, 3.63) is 0 Å². The van der Waals surface area contributed by atoms with Gasteiger partial charge in [0.15, 0.2) is 0 Å². The van der Waals surface area contributed by atoms with Crippen molar-refractivity contribution in [2.24, 2.45) is 17.8 Å². The minimum absolute atomic E-state index is 0.00343. The fraction of sp³-hybridized carbons (Fsp3) is 0.882. The summed E-state index contributed by atoms with van der Waals surface area (Å²) in [7, 11) is 0. The Morgan fingerprint density at radius 3 is 2.10 bits per heavy atom. The van der Waals surface area contributed by atoms with Crippen molar-refractivity contribution >= 4 is 11.9 Å². The maximum Gasteiger partial charge on any atom is 0.327 e. The minimum atomic E-state index is -0.120. The average Bonchev–Trinajstić information content (AvgIpc) is 2.72. The van der Waals surface area contributed by atoms with E-state index in [0.29, 0.717) is 6.54 Å². The molecule has 0 spiro atoms. The highest BCUT2D eigenvalue weighted by atomic mass is 16.2. The standard InChI is InChI=1S/C17H26N2O2/c1-3-11(2)18-10-15(20)19(16(18)21)17-7-12-4-13(8-17)6-14(5-12)9-17/h11-14H,3-10H2,1-2H3. The molecule has 0 radical (unpaired) electrons. The third-order valence-corrected chi connectivity index (χ3v) is 6.60. The fourth-order valence-corrected chi connectivity index (χ4v) is 5.89. The first-order valence-corrected chi connectivity index (χ1v) is 8.66. The van der Waals surface area contributed by atoms with E-state index in [4.69, 9.17) is 0 Å². The molecular formula is C17H26N2O2. The van der Waals surface area contributed by atoms with E-state index in [2.05, 4.69) is 6.92 Å². The van der Waals surface area contributed by atoms with Crippen molar-refractivity contribution in [3.8, 4) is 0 Å². The van der Waals surface area contributed by atoms with Crippen LogP contribution in [0.25, 0.3) is 0 Å². The molecule has 1 aliphatic heterocycles. The Labute approximate surface area is 126 Å². The van der Waals surface area contributed by atoms with Gasteiger partial charge in [-0.15, -0.1) is 0 Å². The molecule has 4 bridgehead atoms. The molecule has 1 atom stereocenters. The molecule has 1 saturated heterocycles. The van der Waals surface area contributed by atoms with E-state index in [1.807, 2.05) is 6.92 Å². The summed E-state index contributed by atoms with van der Waals surface area (Å²) >= 11 is 0. The van der Waals surface area contributed by atoms with Gasteiger partial charge in [0.1, 0.15) is 6.54 Å². The molecule has 4 saturated carbocycles. The predicted octanol–water partition coefficient (Wildman–Crippen LogP) is 3.02. The van der Waals surface area contributed by atoms with Gasteiger partial charge in [0.25, 0.3) is 5.91 Å². The van der Waals surface area contributed by atoms with Gasteiger partial charge in [-0.25, -0.2) is 4.79 Å². The van der Waals surface area contributed by atoms with Gasteiger partial charge in [0.2, 0.25) is 0 Å². The van der Waals surface area contributed by atoms with Crippen LogP contribution in [-0.4, -0.2) is 39.9 Å². The van der Waals surface area contributed by atoms with E-state index in [1.54, 1.807) is 9.80 Å². The number of carbonyl (C=O) groups is 2. The number of hydrogen-bond acceptors (Lipinski definition) is 2. The Balaban J connectivity index is 1.64. The molecule has 5 aliphatic rings. The van der Waals surface area contributed by atoms with Crippen LogP contribution < -0.4 is 0 Å². The monoisotopic (exact) mass is 290 g/mol. The maximum atomic E-state index is 12.9. The maximum absolute atomic E-state index is 12.9. The zero-order valence-electron chi connectivity index (χ0n) is 13.2. The number of rotatable bonds is 3. The molecule has 1 heterocycles. The smallest absolute Gasteiger partial charge is 0.312 e. The average molecular weight is 290 g/mol. The Hall–Kier alpha value is -1.06. The summed E-state index contributed by atoms with van der Waals surface area (Å²) in [6.07, 6.45) is 8.15. The lowest BCUT2D eigenvalue weighted by Crippen LogP contribution is -2.62. The molecule has 5 rings (SSSR count). The Morgan fingerprint density at radius 1 is 1.10 bits per heavy atom. The lowest BCUT2D eigenvalue weighted by Gasteiger charge is -2.58. The molecule has 4 aliphatic carbocycles. The predicted molar refractivity (Wildman–Crippen MR) is 79.6 cm³/mol. The van der Waals surface area contributed by atoms with Crippen LogP contribution in [-0.2, 0) is 4.79 Å². The molecule has 0 aromatic rings. The minimum Gasteiger partial charge on any atom is -0.312 e. The Kier molecular flexibility index (Phi) is 2.89. The molecule has 0 aromatic carbocycles. The summed E-state index contributed by atoms with van der Waals surface area (Å²) < 4.78 is 0. The molecule has 1 unspecified atom stereocenters. The molecule has 5 fully saturated rings. The van der Waals surface area contributed by atoms with Crippen LogP contribution in [0.5, 0.6) is 0 Å². The largest absolute Gasteiger partial charge is 0.327 e. The van der Waals surface area contributed by atoms with Gasteiger partial charge in [0, 0.05) is 6.04 Å². The first kappa shape index (κ1) is 13.6. The normalized spacial score (nSPS) is 43.0. The first-order valence-electron chi connectivity index (χ1n) is 8.66. The highest BCUT2D eigenvalue weighted by Gasteiger charge is 2.58. The highest BCUT2D eigenvalue weighted by molar-refractivity contribution is 6.03. The van der Waals surface area contributed by atoms with Crippen LogP contribution in [0.3, 0.4) is 0 Å². The van der Waals surface area contributed by atoms with E-state index in [9.17, 15) is 9.59 Å². The second kappa shape index (κ2) is 4.47. The zero-order valence-corrected chi connectivity index (χ0v) is 13.2. The zero-order chi connectivity index (χ0) is 14.8. The summed E-state index contributed by atoms with van der Waals surface area (Å²) in [5, 5.41) is 0. The van der Waals surface area contributed by atoms with Crippen molar-refractivity contribution in [1.29, 1.82) is 0 Å². The molecule has 116 valence electrons. The number of imide groups is 1. The summed E-state index contributed by atoms with van der Waals surface area (Å²) in [5.74, 6) is 2.33. The quantitative estimate of drug-likeness (QED) is 0.750. The van der Waals surface area contributed by atoms with Gasteiger partial charge in [-0.1, -0.05) is 6.92 Å². The van der Waals surface area contributed by atoms with Crippen molar-refractivity contribution in [3.63, 3.8) is 0 Å². The van der Waals surface area contributed by atoms with Crippen LogP contribution in [0, 0.1) is 17.8 Å². The van der Waals surface area contributed by atoms with E-state index < -0.39 is 0 Å². The lowest BCUT2D eigenvalue weighted by atomic mass is 9.52. The second-order valence-electron chi connectivity index (χ2n) is 8.04. The molecular weight excluding hydrogens is 264 g/mol. The third kappa shape index (κ3) is 1.87. The van der Waals surface area contributed by atoms with Gasteiger partial charge >= 0.3 is 6.03 Å². The van der Waals surface area contributed by atoms with Crippen LogP contribution in [0.1, 0.15) is 58.8 Å². The molecule has 0 N–H and O–H groups in total. The third-order valence-electron chi connectivity index (χ3n) is 6.60. The number of nitrogens with zero attached hydrogens (tertiary/aromatic N) is 2. The molecule has 21 heavy (non-hydrogen) atoms. The van der Waals surface area contributed by atoms with Crippen LogP contribution >= 0.6 is 0 Å². The molecule has 4 heteroatoms. The summed E-state index contributed by atoms with van der Waals surface area (Å²) in [6, 6.07) is 0.164. The number of urea groups is 1. The number of hydrogen-bond donors (Lipinski definition) is 0. The van der Waals surface area contributed by atoms with Crippen LogP contribution in [0.2, 0.25) is 0 Å². The summed E-state index contributed by atoms with van der Waals surface area (Å²) in [6.45, 7) is 4.43. The topological polar surface area (TPSA) is 40.6 Å². The SMILES string of the molecule is CCC(C)N1CC(=O)N(C23CC4CC(CC(C4)C2)C3)C1=O. The van der Waals surface area contributed by atoms with Crippen LogP contribution in [0.15, 0.2) is 0 Å². The molecule has 0 aromatic heterocycles. The van der Waals surface area contributed by atoms with E-state index >= 15 is 0 Å². The molecule has 3 amide bonds. The van der Waals surface area contributed by atoms with E-state index in [0.717, 1.165) is 43.4 Å². The highest BCUT2D eigenvalue weighted by Crippen LogP contribution is 2.58. The number of carbonyl (C=O) groups excluding carboxylic acids is 2. The Bertz CT molecular complexity index is 452. The Morgan fingerprint density at radius 2 is 1.62 bits per heavy atom. The van der Waals surface area contributed by atoms with Crippen molar-refractivity contribution < 1.29 is 9.59 Å². The fourth-order valence-electron chi connectivity index (χ4n) is 5.89. The van der Waals surface area contributed by atoms with Crippen molar-refractivity contribution in [1.82, 2.24) is 9.80 Å². The van der Waals surface area contributed by atoms with Crippen LogP contribution in [0.4, 0.5) is 4.79 Å². The van der Waals surface area contributed by atoms with Gasteiger partial charge in [-0.2, -0.15) is 0 Å². The summed E-state index contributed by atoms with van der Waals surface area (Å²) in [4.78, 5) is 29.0.